The van der Waals surface area contributed by atoms with E-state index in [9.17, 15) is 33.7 Å². The van der Waals surface area contributed by atoms with Crippen LogP contribution in [0.25, 0.3) is 10.8 Å². The normalized spacial score (nSPS) is 10.9. The molecule has 58 heavy (non-hydrogen) atoms. The highest BCUT2D eigenvalue weighted by molar-refractivity contribution is 7.92. The first-order valence-corrected chi connectivity index (χ1v) is 24.2. The van der Waals surface area contributed by atoms with Crippen molar-refractivity contribution in [1.29, 1.82) is 21.0 Å². The van der Waals surface area contributed by atoms with Crippen molar-refractivity contribution in [3.8, 4) is 24.3 Å². The molecule has 0 aliphatic carbocycles. The lowest BCUT2D eigenvalue weighted by Gasteiger charge is -2.04. The number of benzene rings is 5. The average Bonchev–Trinajstić information content (AvgIpc) is 3.22. The Kier molecular flexibility index (Phi) is 19.8. The van der Waals surface area contributed by atoms with Crippen LogP contribution in [0, 0.1) is 52.2 Å². The maximum absolute atomic E-state index is 11.9. The van der Waals surface area contributed by atoms with E-state index in [2.05, 4.69) is 0 Å². The Bertz CT molecular complexity index is 2650. The maximum atomic E-state index is 11.9. The molecule has 0 saturated heterocycles. The summed E-state index contributed by atoms with van der Waals surface area (Å²) < 4.78 is 92.8. The van der Waals surface area contributed by atoms with Crippen molar-refractivity contribution in [3.05, 3.63) is 132 Å². The number of aryl methyl sites for hydroxylation is 1. The smallest absolute Gasteiger partial charge is 0.179 e. The van der Waals surface area contributed by atoms with Crippen LogP contribution in [0.15, 0.2) is 141 Å². The molecule has 0 saturated carbocycles. The molecule has 5 rings (SSSR count). The van der Waals surface area contributed by atoms with Gasteiger partial charge in [0.25, 0.3) is 0 Å². The van der Waals surface area contributed by atoms with Crippen LogP contribution < -0.4 is 0 Å². The Labute approximate surface area is 345 Å². The molecule has 0 N–H and O–H groups in total. The molecule has 302 valence electrons. The summed E-state index contributed by atoms with van der Waals surface area (Å²) in [6.45, 7) is 1.89. The van der Waals surface area contributed by atoms with E-state index in [1.807, 2.05) is 49.4 Å². The van der Waals surface area contributed by atoms with E-state index in [4.69, 9.17) is 32.6 Å². The molecule has 0 amide bonds. The van der Waals surface area contributed by atoms with Crippen molar-refractivity contribution in [2.24, 2.45) is 0 Å². The standard InChI is InChI=1S/C13H11NO2S.C10H11NO2S.C9H8ClNO2S.C9H9NO2S/c14-8-3-9-17(15,16)13-7-6-11-4-1-2-5-12(11)10-13;1-9-3-5-10(6-4-9)14(12,13)8-2-7-11;10-8-2-4-9(5-3-8)14(12,13)7-1-6-11;10-7-4-8-13(11,12)9-5-2-1-3-6-9/h1-2,4-7,10H,3,9H2;3-6H,2,8H2,1H3;2-5H,1,7H2;1-3,5-6H,4,8H2. The van der Waals surface area contributed by atoms with E-state index >= 15 is 0 Å². The molecule has 0 bridgehead atoms. The Morgan fingerprint density at radius 3 is 1.16 bits per heavy atom. The number of hydrogen-bond donors (Lipinski definition) is 0. The van der Waals surface area contributed by atoms with Gasteiger partial charge in [-0.25, -0.2) is 33.7 Å². The van der Waals surface area contributed by atoms with Crippen LogP contribution in [0.3, 0.4) is 0 Å². The Balaban J connectivity index is 0.000000268. The number of rotatable bonds is 12. The zero-order valence-electron chi connectivity index (χ0n) is 31.3. The van der Waals surface area contributed by atoms with Gasteiger partial charge in [0, 0.05) is 30.7 Å². The van der Waals surface area contributed by atoms with Crippen LogP contribution in [0.4, 0.5) is 0 Å². The summed E-state index contributed by atoms with van der Waals surface area (Å²) >= 11 is 5.62. The number of sulfone groups is 4. The molecule has 0 spiro atoms. The van der Waals surface area contributed by atoms with E-state index in [0.29, 0.717) is 9.92 Å². The summed E-state index contributed by atoms with van der Waals surface area (Å²) in [5, 5.41) is 35.7. The fraction of sp³-hybridized carbons (Fsp3) is 0.220. The van der Waals surface area contributed by atoms with Crippen LogP contribution in [-0.4, -0.2) is 56.7 Å². The molecule has 0 aliphatic rings. The Hall–Kier alpha value is -5.59. The van der Waals surface area contributed by atoms with Gasteiger partial charge in [-0.05, 0) is 78.4 Å². The first kappa shape index (κ1) is 48.6. The molecular formula is C41H39ClN4O8S4. The number of halogens is 1. The fourth-order valence-electron chi connectivity index (χ4n) is 4.57. The van der Waals surface area contributed by atoms with Gasteiger partial charge >= 0.3 is 0 Å². The fourth-order valence-corrected chi connectivity index (χ4v) is 9.33. The largest absolute Gasteiger partial charge is 0.224 e. The van der Waals surface area contributed by atoms with E-state index in [0.717, 1.165) is 16.3 Å². The summed E-state index contributed by atoms with van der Waals surface area (Å²) in [4.78, 5) is 1.06. The number of nitrogens with zero attached hydrogens (tertiary/aromatic N) is 4. The quantitative estimate of drug-likeness (QED) is 0.118. The summed E-state index contributed by atoms with van der Waals surface area (Å²) in [6.07, 6.45) is 0.105. The molecule has 5 aromatic carbocycles. The van der Waals surface area contributed by atoms with Gasteiger partial charge in [0.15, 0.2) is 39.3 Å². The molecule has 12 nitrogen and oxygen atoms in total. The minimum atomic E-state index is -3.34. The second kappa shape index (κ2) is 23.6. The number of nitriles is 4. The molecule has 0 unspecified atom stereocenters. The molecule has 5 aromatic rings. The Morgan fingerprint density at radius 2 is 0.741 bits per heavy atom. The number of hydrogen-bond acceptors (Lipinski definition) is 12. The van der Waals surface area contributed by atoms with E-state index in [-0.39, 0.29) is 63.4 Å². The molecule has 0 fully saturated rings. The monoisotopic (exact) mass is 878 g/mol. The van der Waals surface area contributed by atoms with Crippen molar-refractivity contribution < 1.29 is 33.7 Å². The second-order valence-electron chi connectivity index (χ2n) is 12.0. The van der Waals surface area contributed by atoms with E-state index < -0.39 is 39.3 Å². The zero-order valence-corrected chi connectivity index (χ0v) is 35.3. The van der Waals surface area contributed by atoms with Gasteiger partial charge in [-0.3, -0.25) is 0 Å². The van der Waals surface area contributed by atoms with Crippen LogP contribution in [0.5, 0.6) is 0 Å². The van der Waals surface area contributed by atoms with E-state index in [1.54, 1.807) is 66.7 Å². The average molecular weight is 880 g/mol. The molecular weight excluding hydrogens is 840 g/mol. The Morgan fingerprint density at radius 1 is 0.414 bits per heavy atom. The summed E-state index contributed by atoms with van der Waals surface area (Å²) in [5.74, 6) is -0.479. The molecule has 0 aromatic heterocycles. The lowest BCUT2D eigenvalue weighted by Crippen LogP contribution is -2.05. The van der Waals surface area contributed by atoms with Gasteiger partial charge < -0.3 is 0 Å². The van der Waals surface area contributed by atoms with Crippen molar-refractivity contribution >= 4 is 61.7 Å². The summed E-state index contributed by atoms with van der Waals surface area (Å²) in [5.41, 5.74) is 1.02. The van der Waals surface area contributed by atoms with Crippen LogP contribution in [-0.2, 0) is 39.3 Å². The van der Waals surface area contributed by atoms with Crippen molar-refractivity contribution in [2.75, 3.05) is 23.0 Å². The minimum absolute atomic E-state index is 0.00492. The van der Waals surface area contributed by atoms with Gasteiger partial charge in [0.05, 0.1) is 66.9 Å². The highest BCUT2D eigenvalue weighted by Gasteiger charge is 2.16. The highest BCUT2D eigenvalue weighted by atomic mass is 35.5. The summed E-state index contributed by atoms with van der Waals surface area (Å²) in [7, 11) is -13.2. The van der Waals surface area contributed by atoms with Crippen molar-refractivity contribution in [3.63, 3.8) is 0 Å². The van der Waals surface area contributed by atoms with Crippen LogP contribution in [0.1, 0.15) is 31.2 Å². The number of fused-ring (bicyclic) bond motifs is 1. The van der Waals surface area contributed by atoms with Crippen LogP contribution >= 0.6 is 11.6 Å². The topological polar surface area (TPSA) is 232 Å². The highest BCUT2D eigenvalue weighted by Crippen LogP contribution is 2.20. The molecule has 17 heteroatoms. The third-order valence-corrected chi connectivity index (χ3v) is 14.8. The lowest BCUT2D eigenvalue weighted by atomic mass is 10.1. The molecule has 0 heterocycles. The lowest BCUT2D eigenvalue weighted by molar-refractivity contribution is 0.594. The zero-order chi connectivity index (χ0) is 43.2. The predicted molar refractivity (Wildman–Crippen MR) is 222 cm³/mol. The molecule has 0 aliphatic heterocycles. The van der Waals surface area contributed by atoms with Gasteiger partial charge in [0.1, 0.15) is 0 Å². The van der Waals surface area contributed by atoms with Crippen LogP contribution in [0.2, 0.25) is 5.02 Å². The first-order chi connectivity index (χ1) is 27.4. The van der Waals surface area contributed by atoms with Gasteiger partial charge in [-0.15, -0.1) is 0 Å². The maximum Gasteiger partial charge on any atom is 0.179 e. The van der Waals surface area contributed by atoms with Crippen molar-refractivity contribution in [1.82, 2.24) is 0 Å². The first-order valence-electron chi connectivity index (χ1n) is 17.2. The third-order valence-electron chi connectivity index (χ3n) is 7.67. The third kappa shape index (κ3) is 16.5. The molecule has 0 radical (unpaired) electrons. The van der Waals surface area contributed by atoms with Gasteiger partial charge in [0.2, 0.25) is 0 Å². The summed E-state index contributed by atoms with van der Waals surface area (Å²) in [6, 6.07) is 40.6. The van der Waals surface area contributed by atoms with E-state index in [1.165, 1.54) is 36.4 Å². The predicted octanol–water partition coefficient (Wildman–Crippen LogP) is 7.61. The van der Waals surface area contributed by atoms with Gasteiger partial charge in [-0.1, -0.05) is 77.8 Å². The minimum Gasteiger partial charge on any atom is -0.224 e. The molecule has 0 atom stereocenters. The van der Waals surface area contributed by atoms with Gasteiger partial charge in [-0.2, -0.15) is 21.0 Å². The van der Waals surface area contributed by atoms with Crippen molar-refractivity contribution in [2.45, 2.75) is 52.2 Å². The second-order valence-corrected chi connectivity index (χ2v) is 20.9. The SMILES string of the molecule is Cc1ccc(S(=O)(=O)CCC#N)cc1.N#CCCS(=O)(=O)c1ccc(Cl)cc1.N#CCCS(=O)(=O)c1ccc2ccccc2c1.N#CCCS(=O)(=O)c1ccccc1.